The van der Waals surface area contributed by atoms with Gasteiger partial charge in [0, 0.05) is 11.9 Å². The van der Waals surface area contributed by atoms with Crippen molar-refractivity contribution in [3.8, 4) is 0 Å². The van der Waals surface area contributed by atoms with E-state index < -0.39 is 6.17 Å². The molecule has 0 bridgehead atoms. The Morgan fingerprint density at radius 2 is 2.08 bits per heavy atom. The molecule has 0 aromatic carbocycles. The number of nitrogens with two attached hydrogens (primary N) is 1. The van der Waals surface area contributed by atoms with Gasteiger partial charge in [-0.05, 0) is 18.9 Å². The molecule has 0 saturated carbocycles. The summed E-state index contributed by atoms with van der Waals surface area (Å²) in [5, 5.41) is 0. The smallest absolute Gasteiger partial charge is 0.117 e. The number of rotatable bonds is 4. The third-order valence-corrected chi connectivity index (χ3v) is 1.40. The molecule has 70 valence electrons. The van der Waals surface area contributed by atoms with E-state index in [4.69, 9.17) is 5.73 Å². The summed E-state index contributed by atoms with van der Waals surface area (Å²) in [6, 6.07) is 0. The van der Waals surface area contributed by atoms with Crippen molar-refractivity contribution in [2.24, 2.45) is 16.6 Å². The fourth-order valence-electron chi connectivity index (χ4n) is 0.537. The predicted octanol–water partition coefficient (Wildman–Crippen LogP) is 1.91. The number of alkyl halides is 1. The second kappa shape index (κ2) is 5.75. The van der Waals surface area contributed by atoms with Crippen molar-refractivity contribution in [1.29, 1.82) is 0 Å². The van der Waals surface area contributed by atoms with Crippen LogP contribution in [-0.4, -0.2) is 18.9 Å². The standard InChI is InChI=1S/C9H17FN2/c1-7(2)9(11)4-5-12-6-8(3)10/h4-5,7-8H,6,11H2,1-3H3. The molecule has 1 unspecified atom stereocenters. The SMILES string of the molecule is CC(F)CN=CC=C(N)C(C)C. The minimum absolute atomic E-state index is 0.210. The quantitative estimate of drug-likeness (QED) is 0.646. The van der Waals surface area contributed by atoms with Crippen molar-refractivity contribution in [2.45, 2.75) is 26.9 Å². The highest BCUT2D eigenvalue weighted by Gasteiger charge is 1.94. The fraction of sp³-hybridized carbons (Fsp3) is 0.667. The largest absolute Gasteiger partial charge is 0.402 e. The maximum Gasteiger partial charge on any atom is 0.117 e. The molecule has 0 saturated heterocycles. The van der Waals surface area contributed by atoms with E-state index in [2.05, 4.69) is 4.99 Å². The molecule has 0 fully saturated rings. The lowest BCUT2D eigenvalue weighted by atomic mass is 10.1. The van der Waals surface area contributed by atoms with Crippen LogP contribution >= 0.6 is 0 Å². The highest BCUT2D eigenvalue weighted by atomic mass is 19.1. The molecule has 0 aromatic heterocycles. The van der Waals surface area contributed by atoms with Crippen molar-refractivity contribution >= 4 is 6.21 Å². The Bertz CT molecular complexity index is 171. The van der Waals surface area contributed by atoms with Crippen LogP contribution in [0.5, 0.6) is 0 Å². The van der Waals surface area contributed by atoms with Crippen molar-refractivity contribution in [3.63, 3.8) is 0 Å². The molecule has 0 aliphatic heterocycles. The van der Waals surface area contributed by atoms with Crippen LogP contribution in [0.4, 0.5) is 4.39 Å². The Morgan fingerprint density at radius 1 is 1.50 bits per heavy atom. The van der Waals surface area contributed by atoms with Crippen LogP contribution in [0.15, 0.2) is 16.8 Å². The topological polar surface area (TPSA) is 38.4 Å². The molecule has 0 radical (unpaired) electrons. The van der Waals surface area contributed by atoms with Gasteiger partial charge in [-0.1, -0.05) is 13.8 Å². The first-order valence-corrected chi connectivity index (χ1v) is 4.13. The van der Waals surface area contributed by atoms with E-state index in [-0.39, 0.29) is 6.54 Å². The third-order valence-electron chi connectivity index (χ3n) is 1.40. The number of nitrogens with zero attached hydrogens (tertiary/aromatic N) is 1. The predicted molar refractivity (Wildman–Crippen MR) is 51.0 cm³/mol. The molecule has 0 aliphatic rings. The molecule has 2 nitrogen and oxygen atoms in total. The zero-order valence-corrected chi connectivity index (χ0v) is 7.92. The summed E-state index contributed by atoms with van der Waals surface area (Å²) >= 11 is 0. The van der Waals surface area contributed by atoms with E-state index in [1.54, 1.807) is 12.3 Å². The maximum absolute atomic E-state index is 12.2. The van der Waals surface area contributed by atoms with Gasteiger partial charge in [0.25, 0.3) is 0 Å². The van der Waals surface area contributed by atoms with Crippen LogP contribution in [0.1, 0.15) is 20.8 Å². The summed E-state index contributed by atoms with van der Waals surface area (Å²) in [5.74, 6) is 0.319. The van der Waals surface area contributed by atoms with E-state index in [0.717, 1.165) is 5.70 Å². The Kier molecular flexibility index (Phi) is 5.34. The molecule has 2 N–H and O–H groups in total. The average molecular weight is 172 g/mol. The molecule has 0 aliphatic carbocycles. The summed E-state index contributed by atoms with van der Waals surface area (Å²) in [5.41, 5.74) is 6.38. The zero-order chi connectivity index (χ0) is 9.56. The molecule has 0 spiro atoms. The molecule has 12 heavy (non-hydrogen) atoms. The second-order valence-electron chi connectivity index (χ2n) is 3.12. The first kappa shape index (κ1) is 11.1. The number of hydrogen-bond donors (Lipinski definition) is 1. The van der Waals surface area contributed by atoms with Crippen LogP contribution in [0.25, 0.3) is 0 Å². The fourth-order valence-corrected chi connectivity index (χ4v) is 0.537. The van der Waals surface area contributed by atoms with Gasteiger partial charge in [-0.3, -0.25) is 4.99 Å². The van der Waals surface area contributed by atoms with Crippen LogP contribution in [0, 0.1) is 5.92 Å². The molecule has 0 amide bonds. The maximum atomic E-state index is 12.2. The first-order valence-electron chi connectivity index (χ1n) is 4.13. The molecular weight excluding hydrogens is 155 g/mol. The van der Waals surface area contributed by atoms with Gasteiger partial charge in [0.05, 0.1) is 6.54 Å². The molecular formula is C9H17FN2. The summed E-state index contributed by atoms with van der Waals surface area (Å²) in [6.45, 7) is 5.68. The van der Waals surface area contributed by atoms with E-state index in [9.17, 15) is 4.39 Å². The lowest BCUT2D eigenvalue weighted by Gasteiger charge is -2.01. The first-order chi connectivity index (χ1) is 5.54. The summed E-state index contributed by atoms with van der Waals surface area (Å²) in [6.07, 6.45) is 2.40. The van der Waals surface area contributed by atoms with E-state index in [1.807, 2.05) is 13.8 Å². The lowest BCUT2D eigenvalue weighted by molar-refractivity contribution is 0.371. The number of allylic oxidation sites excluding steroid dienone is 2. The Hall–Kier alpha value is -0.860. The van der Waals surface area contributed by atoms with Crippen LogP contribution in [-0.2, 0) is 0 Å². The van der Waals surface area contributed by atoms with Crippen LogP contribution < -0.4 is 5.73 Å². The number of hydrogen-bond acceptors (Lipinski definition) is 2. The van der Waals surface area contributed by atoms with Crippen molar-refractivity contribution < 1.29 is 4.39 Å². The van der Waals surface area contributed by atoms with E-state index >= 15 is 0 Å². The monoisotopic (exact) mass is 172 g/mol. The van der Waals surface area contributed by atoms with Gasteiger partial charge in [-0.2, -0.15) is 0 Å². The third kappa shape index (κ3) is 5.89. The highest BCUT2D eigenvalue weighted by molar-refractivity contribution is 5.71. The van der Waals surface area contributed by atoms with Crippen molar-refractivity contribution in [2.75, 3.05) is 6.54 Å². The summed E-state index contributed by atoms with van der Waals surface area (Å²) < 4.78 is 12.2. The molecule has 0 heterocycles. The van der Waals surface area contributed by atoms with Gasteiger partial charge in [0.15, 0.2) is 0 Å². The minimum atomic E-state index is -0.880. The zero-order valence-electron chi connectivity index (χ0n) is 7.92. The molecule has 3 heteroatoms. The number of halogens is 1. The minimum Gasteiger partial charge on any atom is -0.402 e. The molecule has 0 rings (SSSR count). The summed E-state index contributed by atoms with van der Waals surface area (Å²) in [4.78, 5) is 3.84. The van der Waals surface area contributed by atoms with Gasteiger partial charge in [0.1, 0.15) is 6.17 Å². The summed E-state index contributed by atoms with van der Waals surface area (Å²) in [7, 11) is 0. The van der Waals surface area contributed by atoms with Gasteiger partial charge in [-0.25, -0.2) is 4.39 Å². The van der Waals surface area contributed by atoms with Crippen LogP contribution in [0.2, 0.25) is 0 Å². The van der Waals surface area contributed by atoms with Gasteiger partial charge >= 0.3 is 0 Å². The van der Waals surface area contributed by atoms with Crippen molar-refractivity contribution in [1.82, 2.24) is 0 Å². The Balaban J connectivity index is 3.79. The van der Waals surface area contributed by atoms with Gasteiger partial charge < -0.3 is 5.73 Å². The van der Waals surface area contributed by atoms with E-state index in [0.29, 0.717) is 5.92 Å². The molecule has 1 atom stereocenters. The Labute approximate surface area is 73.4 Å². The highest BCUT2D eigenvalue weighted by Crippen LogP contribution is 1.99. The molecule has 0 aromatic rings. The van der Waals surface area contributed by atoms with Crippen LogP contribution in [0.3, 0.4) is 0 Å². The Morgan fingerprint density at radius 3 is 2.50 bits per heavy atom. The van der Waals surface area contributed by atoms with Crippen molar-refractivity contribution in [3.05, 3.63) is 11.8 Å². The second-order valence-corrected chi connectivity index (χ2v) is 3.12. The van der Waals surface area contributed by atoms with Gasteiger partial charge in [-0.15, -0.1) is 0 Å². The number of aliphatic imine (C=N–C) groups is 1. The average Bonchev–Trinajstić information content (AvgIpc) is 1.97. The van der Waals surface area contributed by atoms with Gasteiger partial charge in [0.2, 0.25) is 0 Å². The van der Waals surface area contributed by atoms with E-state index in [1.165, 1.54) is 6.92 Å². The lowest BCUT2D eigenvalue weighted by Crippen LogP contribution is -2.05. The normalized spacial score (nSPS) is 15.9.